The van der Waals surface area contributed by atoms with Gasteiger partial charge in [0, 0.05) is 9.24 Å². The molecule has 0 unspecified atom stereocenters. The van der Waals surface area contributed by atoms with Gasteiger partial charge in [-0.3, -0.25) is 9.35 Å². The van der Waals surface area contributed by atoms with Crippen molar-refractivity contribution in [1.29, 1.82) is 0 Å². The maximum Gasteiger partial charge on any atom is 0.408 e. The minimum absolute atomic E-state index is 0.366. The summed E-state index contributed by atoms with van der Waals surface area (Å²) in [7, 11) is -4.35. The Morgan fingerprint density at radius 3 is 2.36 bits per heavy atom. The summed E-state index contributed by atoms with van der Waals surface area (Å²) in [5, 5.41) is 4.39. The summed E-state index contributed by atoms with van der Waals surface area (Å²) in [6.45, 7) is 5.90. The highest BCUT2D eigenvalue weighted by molar-refractivity contribution is 7.85. The van der Waals surface area contributed by atoms with Gasteiger partial charge in [-0.1, -0.05) is 13.8 Å². The normalized spacial score (nSPS) is 15.6. The highest BCUT2D eigenvalue weighted by Gasteiger charge is 2.26. The van der Waals surface area contributed by atoms with Gasteiger partial charge in [0.2, 0.25) is 5.91 Å². The lowest BCUT2D eigenvalue weighted by Crippen LogP contribution is -2.51. The lowest BCUT2D eigenvalue weighted by atomic mass is 10.0. The number of amides is 2. The third-order valence-electron chi connectivity index (χ3n) is 2.32. The molecule has 0 radical (unpaired) electrons. The molecule has 0 spiro atoms. The molecular weight excluding hydrogens is 314 g/mol. The summed E-state index contributed by atoms with van der Waals surface area (Å²) in [6, 6.07) is -1.07. The van der Waals surface area contributed by atoms with Gasteiger partial charge in [0.1, 0.15) is 11.6 Å². The van der Waals surface area contributed by atoms with Crippen LogP contribution in [-0.2, 0) is 19.6 Å². The Hall–Kier alpha value is -1.35. The lowest BCUT2D eigenvalue weighted by molar-refractivity contribution is -0.124. The van der Waals surface area contributed by atoms with Gasteiger partial charge in [-0.15, -0.1) is 0 Å². The first-order chi connectivity index (χ1) is 10.5. The van der Waals surface area contributed by atoms with Crippen molar-refractivity contribution in [2.24, 2.45) is 5.92 Å². The first kappa shape index (κ1) is 17.0. The Kier molecular flexibility index (Phi) is 6.44. The average molecular weight is 342 g/mol. The first-order valence-corrected chi connectivity index (χ1v) is 8.40. The number of hydrogen-bond donors (Lipinski definition) is 3. The molecule has 0 bridgehead atoms. The molecule has 0 fully saturated rings. The first-order valence-electron chi connectivity index (χ1n) is 7.79. The van der Waals surface area contributed by atoms with Crippen molar-refractivity contribution >= 4 is 22.1 Å². The molecule has 0 heterocycles. The lowest BCUT2D eigenvalue weighted by Gasteiger charge is -2.25. The fraction of sp³-hybridized carbons (Fsp3) is 0.846. The molecule has 3 N–H and O–H groups in total. The van der Waals surface area contributed by atoms with Crippen LogP contribution in [0.15, 0.2) is 0 Å². The van der Waals surface area contributed by atoms with E-state index < -0.39 is 52.4 Å². The fourth-order valence-electron chi connectivity index (χ4n) is 1.38. The molecule has 0 aliphatic heterocycles. The van der Waals surface area contributed by atoms with Crippen LogP contribution in [-0.4, -0.2) is 48.9 Å². The Morgan fingerprint density at radius 2 is 1.95 bits per heavy atom. The number of alkyl carbamates (subject to hydrolysis) is 1. The molecule has 130 valence electrons. The Labute approximate surface area is 134 Å². The Balaban J connectivity index is 4.89. The van der Waals surface area contributed by atoms with Crippen LogP contribution in [0.3, 0.4) is 0 Å². The quantitative estimate of drug-likeness (QED) is 0.467. The van der Waals surface area contributed by atoms with Crippen molar-refractivity contribution in [2.75, 3.05) is 12.2 Å². The van der Waals surface area contributed by atoms with Gasteiger partial charge in [-0.05, 0) is 33.1 Å². The molecule has 0 saturated heterocycles. The number of nitrogens with one attached hydrogen (secondary N) is 2. The van der Waals surface area contributed by atoms with E-state index in [1.54, 1.807) is 34.6 Å². The van der Waals surface area contributed by atoms with Gasteiger partial charge in [0.05, 0.1) is 5.75 Å². The van der Waals surface area contributed by atoms with E-state index in [0.29, 0.717) is 0 Å². The van der Waals surface area contributed by atoms with Crippen LogP contribution in [0.2, 0.25) is 0 Å². The van der Waals surface area contributed by atoms with Crippen LogP contribution in [0.1, 0.15) is 43.8 Å². The van der Waals surface area contributed by atoms with Crippen LogP contribution >= 0.6 is 0 Å². The highest BCUT2D eigenvalue weighted by Crippen LogP contribution is 2.08. The standard InChI is InChI=1S/C13H26N2O6S/c1-9(2)10(15-12(17)21-13(3,4)5)11(16)14-7-6-8-22(18,19)20/h9-10H,6-8H2,1-5H3,(H,14,16)(H,15,17)(H,18,19,20)/t10-/m0/s1/i7D2,17+2. The molecule has 0 rings (SSSR count). The summed E-state index contributed by atoms with van der Waals surface area (Å²) in [4.78, 5) is 24.0. The molecule has 1 atom stereocenters. The predicted octanol–water partition coefficient (Wildman–Crippen LogP) is 0.930. The fourth-order valence-corrected chi connectivity index (χ4v) is 1.74. The summed E-state index contributed by atoms with van der Waals surface area (Å²) in [5.74, 6) is -2.03. The van der Waals surface area contributed by atoms with E-state index in [9.17, 15) is 18.0 Å². The Bertz CT molecular complexity index is 557. The van der Waals surface area contributed by atoms with Gasteiger partial charge in [0.25, 0.3) is 10.1 Å². The third kappa shape index (κ3) is 10.4. The summed E-state index contributed by atoms with van der Waals surface area (Å²) in [5.41, 5.74) is -0.758. The highest BCUT2D eigenvalue weighted by atomic mass is 32.2. The van der Waals surface area contributed by atoms with E-state index >= 15 is 0 Å². The van der Waals surface area contributed by atoms with E-state index in [2.05, 4.69) is 5.32 Å². The van der Waals surface area contributed by atoms with Crippen molar-refractivity contribution < 1.29 is 30.0 Å². The SMILES string of the molecule is [2H]C([2H])(CCS(=O)(=O)O)NC(=O)[C@@H](NC(=[18O])OC(C)(C)C)C(C)C. The zero-order valence-corrected chi connectivity index (χ0v) is 14.3. The van der Waals surface area contributed by atoms with Crippen molar-refractivity contribution in [3.63, 3.8) is 0 Å². The number of ether oxygens (including phenoxy) is 1. The molecule has 2 amide bonds. The maximum absolute atomic E-state index is 12.2. The minimum atomic E-state index is -4.35. The molecular formula is C13H26N2O6S. The molecule has 0 aliphatic carbocycles. The molecule has 9 heteroatoms. The largest absolute Gasteiger partial charge is 0.444 e. The summed E-state index contributed by atoms with van der Waals surface area (Å²) < 4.78 is 50.3. The van der Waals surface area contributed by atoms with Gasteiger partial charge in [0.15, 0.2) is 0 Å². The number of hydrogen-bond acceptors (Lipinski definition) is 5. The van der Waals surface area contributed by atoms with E-state index in [4.69, 9.17) is 12.0 Å². The second-order valence-electron chi connectivity index (χ2n) is 6.07. The predicted molar refractivity (Wildman–Crippen MR) is 82.0 cm³/mol. The van der Waals surface area contributed by atoms with Crippen molar-refractivity contribution in [3.05, 3.63) is 0 Å². The molecule has 22 heavy (non-hydrogen) atoms. The molecule has 0 aromatic rings. The van der Waals surface area contributed by atoms with Crippen LogP contribution in [0, 0.1) is 5.92 Å². The van der Waals surface area contributed by atoms with E-state index in [1.165, 1.54) is 0 Å². The van der Waals surface area contributed by atoms with Crippen LogP contribution in [0.5, 0.6) is 0 Å². The van der Waals surface area contributed by atoms with E-state index in [1.807, 2.05) is 5.32 Å². The zero-order chi connectivity index (χ0) is 19.3. The molecule has 0 aromatic carbocycles. The minimum Gasteiger partial charge on any atom is -0.444 e. The van der Waals surface area contributed by atoms with E-state index in [0.717, 1.165) is 0 Å². The Morgan fingerprint density at radius 1 is 1.41 bits per heavy atom. The molecule has 0 aliphatic rings. The van der Waals surface area contributed by atoms with Gasteiger partial charge in [-0.25, -0.2) is 4.79 Å². The van der Waals surface area contributed by atoms with Crippen LogP contribution in [0.25, 0.3) is 0 Å². The van der Waals surface area contributed by atoms with Crippen molar-refractivity contribution in [2.45, 2.75) is 52.7 Å². The average Bonchev–Trinajstić information content (AvgIpc) is 2.29. The van der Waals surface area contributed by atoms with E-state index in [-0.39, 0.29) is 5.92 Å². The van der Waals surface area contributed by atoms with Crippen LogP contribution < -0.4 is 10.6 Å². The molecule has 0 saturated carbocycles. The number of carbonyl (C=O) groups is 2. The smallest absolute Gasteiger partial charge is 0.408 e. The molecule has 8 nitrogen and oxygen atoms in total. The van der Waals surface area contributed by atoms with Crippen molar-refractivity contribution in [1.82, 2.24) is 10.6 Å². The number of rotatable bonds is 7. The second-order valence-corrected chi connectivity index (χ2v) is 7.64. The zero-order valence-electron chi connectivity index (χ0n) is 15.5. The van der Waals surface area contributed by atoms with Crippen molar-refractivity contribution in [3.8, 4) is 0 Å². The summed E-state index contributed by atoms with van der Waals surface area (Å²) in [6.07, 6.45) is -1.45. The third-order valence-corrected chi connectivity index (χ3v) is 3.04. The van der Waals surface area contributed by atoms with Crippen LogP contribution in [0.4, 0.5) is 4.79 Å². The number of carbonyl (C=O) groups excluding carboxylic acids is 2. The van der Waals surface area contributed by atoms with Gasteiger partial charge < -0.3 is 15.4 Å². The topological polar surface area (TPSA) is 122 Å². The monoisotopic (exact) mass is 342 g/mol. The molecule has 0 aromatic heterocycles. The van der Waals surface area contributed by atoms with Gasteiger partial charge >= 0.3 is 6.09 Å². The van der Waals surface area contributed by atoms with Gasteiger partial charge in [-0.2, -0.15) is 8.42 Å². The maximum atomic E-state index is 12.2. The summed E-state index contributed by atoms with van der Waals surface area (Å²) >= 11 is 0. The second kappa shape index (κ2) is 8.33.